The van der Waals surface area contributed by atoms with Gasteiger partial charge in [0, 0.05) is 4.47 Å². The fourth-order valence-electron chi connectivity index (χ4n) is 1.43. The van der Waals surface area contributed by atoms with Crippen LogP contribution in [0.3, 0.4) is 0 Å². The molecule has 0 spiro atoms. The molecule has 0 radical (unpaired) electrons. The molecule has 5 heteroatoms. The van der Waals surface area contributed by atoms with Gasteiger partial charge in [0.1, 0.15) is 5.75 Å². The minimum atomic E-state index is 0.575. The van der Waals surface area contributed by atoms with Crippen LogP contribution in [0.4, 0.5) is 0 Å². The molecule has 0 bridgehead atoms. The Morgan fingerprint density at radius 3 is 2.53 bits per heavy atom. The molecule has 2 aromatic rings. The second-order valence-electron chi connectivity index (χ2n) is 3.65. The highest BCUT2D eigenvalue weighted by molar-refractivity contribution is 9.10. The average molecular weight is 294 g/mol. The quantitative estimate of drug-likeness (QED) is 0.854. The SMILES string of the molecule is COc1ccc(Br)cc1-c1nnc(C)c(C)n1. The van der Waals surface area contributed by atoms with Crippen LogP contribution < -0.4 is 4.74 Å². The molecular weight excluding hydrogens is 282 g/mol. The standard InChI is InChI=1S/C12H12BrN3O/c1-7-8(2)15-16-12(14-7)10-6-9(13)4-5-11(10)17-3/h4-6H,1-3H3. The lowest BCUT2D eigenvalue weighted by Crippen LogP contribution is -2.00. The number of methoxy groups -OCH3 is 1. The monoisotopic (exact) mass is 293 g/mol. The van der Waals surface area contributed by atoms with E-state index in [-0.39, 0.29) is 0 Å². The second-order valence-corrected chi connectivity index (χ2v) is 4.57. The number of rotatable bonds is 2. The summed E-state index contributed by atoms with van der Waals surface area (Å²) in [5, 5.41) is 8.17. The van der Waals surface area contributed by atoms with Crippen molar-refractivity contribution in [1.82, 2.24) is 15.2 Å². The Balaban J connectivity index is 2.58. The normalized spacial score (nSPS) is 10.4. The molecule has 17 heavy (non-hydrogen) atoms. The van der Waals surface area contributed by atoms with E-state index < -0.39 is 0 Å². The molecule has 0 aliphatic heterocycles. The first-order valence-corrected chi connectivity index (χ1v) is 5.93. The lowest BCUT2D eigenvalue weighted by molar-refractivity contribution is 0.416. The van der Waals surface area contributed by atoms with Crippen molar-refractivity contribution in [3.63, 3.8) is 0 Å². The van der Waals surface area contributed by atoms with Crippen molar-refractivity contribution in [3.05, 3.63) is 34.1 Å². The lowest BCUT2D eigenvalue weighted by Gasteiger charge is -2.08. The van der Waals surface area contributed by atoms with E-state index >= 15 is 0 Å². The van der Waals surface area contributed by atoms with Gasteiger partial charge < -0.3 is 4.74 Å². The third-order valence-electron chi connectivity index (χ3n) is 2.49. The van der Waals surface area contributed by atoms with Crippen molar-refractivity contribution in [2.24, 2.45) is 0 Å². The van der Waals surface area contributed by atoms with Crippen molar-refractivity contribution in [1.29, 1.82) is 0 Å². The van der Waals surface area contributed by atoms with E-state index in [4.69, 9.17) is 4.74 Å². The molecule has 0 saturated carbocycles. The number of benzene rings is 1. The van der Waals surface area contributed by atoms with Crippen LogP contribution in [0.2, 0.25) is 0 Å². The van der Waals surface area contributed by atoms with Crippen molar-refractivity contribution >= 4 is 15.9 Å². The molecule has 0 atom stereocenters. The Morgan fingerprint density at radius 1 is 1.12 bits per heavy atom. The smallest absolute Gasteiger partial charge is 0.185 e. The van der Waals surface area contributed by atoms with E-state index in [0.717, 1.165) is 27.2 Å². The first-order chi connectivity index (χ1) is 8.11. The van der Waals surface area contributed by atoms with E-state index in [9.17, 15) is 0 Å². The van der Waals surface area contributed by atoms with Crippen LogP contribution in [0.1, 0.15) is 11.4 Å². The van der Waals surface area contributed by atoms with Crippen LogP contribution in [0.5, 0.6) is 5.75 Å². The Labute approximate surface area is 108 Å². The topological polar surface area (TPSA) is 47.9 Å². The highest BCUT2D eigenvalue weighted by atomic mass is 79.9. The van der Waals surface area contributed by atoms with Crippen molar-refractivity contribution in [3.8, 4) is 17.1 Å². The van der Waals surface area contributed by atoms with Crippen molar-refractivity contribution in [2.45, 2.75) is 13.8 Å². The van der Waals surface area contributed by atoms with E-state index in [1.165, 1.54) is 0 Å². The third-order valence-corrected chi connectivity index (χ3v) is 2.99. The van der Waals surface area contributed by atoms with Crippen LogP contribution in [0.15, 0.2) is 22.7 Å². The summed E-state index contributed by atoms with van der Waals surface area (Å²) in [7, 11) is 1.63. The van der Waals surface area contributed by atoms with Gasteiger partial charge in [-0.3, -0.25) is 0 Å². The summed E-state index contributed by atoms with van der Waals surface area (Å²) >= 11 is 3.42. The summed E-state index contributed by atoms with van der Waals surface area (Å²) in [5.41, 5.74) is 2.54. The molecule has 0 amide bonds. The predicted molar refractivity (Wildman–Crippen MR) is 69.0 cm³/mol. The number of aromatic nitrogens is 3. The van der Waals surface area contributed by atoms with E-state index in [0.29, 0.717) is 5.82 Å². The molecule has 0 unspecified atom stereocenters. The molecular formula is C12H12BrN3O. The van der Waals surface area contributed by atoms with Gasteiger partial charge in [0.05, 0.1) is 24.1 Å². The predicted octanol–water partition coefficient (Wildman–Crippen LogP) is 2.93. The van der Waals surface area contributed by atoms with Gasteiger partial charge in [-0.1, -0.05) is 15.9 Å². The Morgan fingerprint density at radius 2 is 1.88 bits per heavy atom. The van der Waals surface area contributed by atoms with Crippen LogP contribution in [0, 0.1) is 13.8 Å². The molecule has 0 N–H and O–H groups in total. The number of halogens is 1. The van der Waals surface area contributed by atoms with Gasteiger partial charge in [-0.25, -0.2) is 4.98 Å². The zero-order valence-corrected chi connectivity index (χ0v) is 11.4. The lowest BCUT2D eigenvalue weighted by atomic mass is 10.2. The number of nitrogens with zero attached hydrogens (tertiary/aromatic N) is 3. The maximum atomic E-state index is 5.30. The third kappa shape index (κ3) is 2.44. The maximum absolute atomic E-state index is 5.30. The average Bonchev–Trinajstić information content (AvgIpc) is 2.32. The first kappa shape index (κ1) is 12.0. The number of aryl methyl sites for hydroxylation is 2. The summed E-state index contributed by atoms with van der Waals surface area (Å²) in [4.78, 5) is 4.42. The van der Waals surface area contributed by atoms with E-state index in [2.05, 4.69) is 31.1 Å². The molecule has 4 nitrogen and oxygen atoms in total. The maximum Gasteiger partial charge on any atom is 0.185 e. The molecule has 1 aromatic heterocycles. The van der Waals surface area contributed by atoms with Gasteiger partial charge in [0.2, 0.25) is 0 Å². The molecule has 1 heterocycles. The van der Waals surface area contributed by atoms with E-state index in [1.807, 2.05) is 32.0 Å². The van der Waals surface area contributed by atoms with Crippen LogP contribution >= 0.6 is 15.9 Å². The summed E-state index contributed by atoms with van der Waals surface area (Å²) in [6.45, 7) is 3.80. The van der Waals surface area contributed by atoms with Crippen LogP contribution in [0.25, 0.3) is 11.4 Å². The number of hydrogen-bond donors (Lipinski definition) is 0. The molecule has 2 rings (SSSR count). The van der Waals surface area contributed by atoms with Gasteiger partial charge in [-0.05, 0) is 32.0 Å². The zero-order chi connectivity index (χ0) is 12.4. The van der Waals surface area contributed by atoms with Crippen LogP contribution in [-0.4, -0.2) is 22.3 Å². The minimum Gasteiger partial charge on any atom is -0.496 e. The Bertz CT molecular complexity index is 557. The van der Waals surface area contributed by atoms with Gasteiger partial charge in [0.15, 0.2) is 5.82 Å². The molecule has 0 fully saturated rings. The fraction of sp³-hybridized carbons (Fsp3) is 0.250. The fourth-order valence-corrected chi connectivity index (χ4v) is 1.79. The largest absolute Gasteiger partial charge is 0.496 e. The zero-order valence-electron chi connectivity index (χ0n) is 9.86. The highest BCUT2D eigenvalue weighted by Gasteiger charge is 2.11. The summed E-state index contributed by atoms with van der Waals surface area (Å²) in [6, 6.07) is 5.71. The molecule has 0 aliphatic carbocycles. The van der Waals surface area contributed by atoms with Crippen LogP contribution in [-0.2, 0) is 0 Å². The van der Waals surface area contributed by atoms with Crippen molar-refractivity contribution in [2.75, 3.05) is 7.11 Å². The second kappa shape index (κ2) is 4.79. The Kier molecular flexibility index (Phi) is 3.38. The van der Waals surface area contributed by atoms with E-state index in [1.54, 1.807) is 7.11 Å². The minimum absolute atomic E-state index is 0.575. The van der Waals surface area contributed by atoms with Gasteiger partial charge >= 0.3 is 0 Å². The molecule has 0 saturated heterocycles. The Hall–Kier alpha value is -1.49. The summed E-state index contributed by atoms with van der Waals surface area (Å²) < 4.78 is 6.25. The summed E-state index contributed by atoms with van der Waals surface area (Å²) in [6.07, 6.45) is 0. The number of ether oxygens (including phenoxy) is 1. The first-order valence-electron chi connectivity index (χ1n) is 5.13. The van der Waals surface area contributed by atoms with Crippen molar-refractivity contribution < 1.29 is 4.74 Å². The van der Waals surface area contributed by atoms with Gasteiger partial charge in [-0.2, -0.15) is 5.10 Å². The van der Waals surface area contributed by atoms with Gasteiger partial charge in [-0.15, -0.1) is 5.10 Å². The van der Waals surface area contributed by atoms with Gasteiger partial charge in [0.25, 0.3) is 0 Å². The number of hydrogen-bond acceptors (Lipinski definition) is 4. The molecule has 88 valence electrons. The molecule has 1 aromatic carbocycles. The molecule has 0 aliphatic rings. The highest BCUT2D eigenvalue weighted by Crippen LogP contribution is 2.30. The summed E-state index contributed by atoms with van der Waals surface area (Å²) in [5.74, 6) is 1.31.